The standard InChI is InChI=1S/C12H22O/c1-5-6-9-7-10(8-11(9)13)12(2,3)4/h5-6,9-11,13H,7-8H2,1-4H3/b6-5+/t9-,10+,11-/m1/s1. The van der Waals surface area contributed by atoms with Crippen molar-refractivity contribution in [3.8, 4) is 0 Å². The molecule has 13 heavy (non-hydrogen) atoms. The van der Waals surface area contributed by atoms with Crippen LogP contribution in [-0.2, 0) is 0 Å². The van der Waals surface area contributed by atoms with Gasteiger partial charge in [0.15, 0.2) is 0 Å². The topological polar surface area (TPSA) is 20.2 Å². The molecule has 76 valence electrons. The molecule has 0 saturated heterocycles. The van der Waals surface area contributed by atoms with Gasteiger partial charge in [0.1, 0.15) is 0 Å². The minimum atomic E-state index is -0.111. The summed E-state index contributed by atoms with van der Waals surface area (Å²) in [4.78, 5) is 0. The minimum Gasteiger partial charge on any atom is -0.393 e. The van der Waals surface area contributed by atoms with E-state index >= 15 is 0 Å². The Morgan fingerprint density at radius 1 is 1.23 bits per heavy atom. The lowest BCUT2D eigenvalue weighted by molar-refractivity contribution is 0.140. The van der Waals surface area contributed by atoms with E-state index in [1.54, 1.807) is 0 Å². The van der Waals surface area contributed by atoms with Gasteiger partial charge >= 0.3 is 0 Å². The summed E-state index contributed by atoms with van der Waals surface area (Å²) in [6, 6.07) is 0. The average Bonchev–Trinajstić information content (AvgIpc) is 2.32. The van der Waals surface area contributed by atoms with Crippen molar-refractivity contribution in [1.82, 2.24) is 0 Å². The highest BCUT2D eigenvalue weighted by molar-refractivity contribution is 4.98. The fourth-order valence-electron chi connectivity index (χ4n) is 2.21. The Hall–Kier alpha value is -0.300. The highest BCUT2D eigenvalue weighted by atomic mass is 16.3. The van der Waals surface area contributed by atoms with Crippen LogP contribution in [0.15, 0.2) is 12.2 Å². The zero-order valence-electron chi connectivity index (χ0n) is 9.25. The summed E-state index contributed by atoms with van der Waals surface area (Å²) in [6.45, 7) is 8.82. The lowest BCUT2D eigenvalue weighted by Crippen LogP contribution is -2.18. The zero-order valence-corrected chi connectivity index (χ0v) is 9.25. The molecule has 1 saturated carbocycles. The van der Waals surface area contributed by atoms with E-state index in [0.29, 0.717) is 17.3 Å². The maximum atomic E-state index is 9.80. The summed E-state index contributed by atoms with van der Waals surface area (Å²) in [6.07, 6.45) is 6.21. The molecule has 1 fully saturated rings. The summed E-state index contributed by atoms with van der Waals surface area (Å²) in [5.74, 6) is 1.07. The van der Waals surface area contributed by atoms with Crippen molar-refractivity contribution >= 4 is 0 Å². The predicted octanol–water partition coefficient (Wildman–Crippen LogP) is 3.00. The van der Waals surface area contributed by atoms with E-state index in [0.717, 1.165) is 12.8 Å². The van der Waals surface area contributed by atoms with Gasteiger partial charge in [-0.1, -0.05) is 32.9 Å². The molecule has 0 radical (unpaired) electrons. The molecule has 1 aliphatic rings. The van der Waals surface area contributed by atoms with Crippen molar-refractivity contribution in [3.05, 3.63) is 12.2 Å². The average molecular weight is 182 g/mol. The first-order chi connectivity index (χ1) is 5.95. The van der Waals surface area contributed by atoms with Crippen LogP contribution in [0.2, 0.25) is 0 Å². The summed E-state index contributed by atoms with van der Waals surface area (Å²) < 4.78 is 0. The Morgan fingerprint density at radius 3 is 2.23 bits per heavy atom. The Balaban J connectivity index is 2.60. The molecule has 0 heterocycles. The summed E-state index contributed by atoms with van der Waals surface area (Å²) in [7, 11) is 0. The van der Waals surface area contributed by atoms with Crippen LogP contribution in [0.25, 0.3) is 0 Å². The van der Waals surface area contributed by atoms with Gasteiger partial charge in [0.2, 0.25) is 0 Å². The maximum absolute atomic E-state index is 9.80. The second kappa shape index (κ2) is 3.83. The minimum absolute atomic E-state index is 0.111. The van der Waals surface area contributed by atoms with Crippen LogP contribution in [-0.4, -0.2) is 11.2 Å². The molecular formula is C12H22O. The normalized spacial score (nSPS) is 35.9. The Labute approximate surface area is 81.9 Å². The number of hydrogen-bond acceptors (Lipinski definition) is 1. The monoisotopic (exact) mass is 182 g/mol. The molecule has 0 aliphatic heterocycles. The molecule has 0 amide bonds. The smallest absolute Gasteiger partial charge is 0.0605 e. The van der Waals surface area contributed by atoms with Crippen molar-refractivity contribution in [2.45, 2.75) is 46.6 Å². The molecule has 0 bridgehead atoms. The lowest BCUT2D eigenvalue weighted by atomic mass is 9.79. The predicted molar refractivity (Wildman–Crippen MR) is 56.5 cm³/mol. The third-order valence-electron chi connectivity index (χ3n) is 3.24. The van der Waals surface area contributed by atoms with Gasteiger partial charge in [-0.15, -0.1) is 0 Å². The number of hydrogen-bond donors (Lipinski definition) is 1. The van der Waals surface area contributed by atoms with E-state index in [-0.39, 0.29) is 6.10 Å². The highest BCUT2D eigenvalue weighted by Crippen LogP contribution is 2.42. The first kappa shape index (κ1) is 10.8. The van der Waals surface area contributed by atoms with Gasteiger partial charge in [0.05, 0.1) is 6.10 Å². The van der Waals surface area contributed by atoms with Crippen LogP contribution >= 0.6 is 0 Å². The summed E-state index contributed by atoms with van der Waals surface area (Å²) in [5.41, 5.74) is 0.345. The van der Waals surface area contributed by atoms with E-state index < -0.39 is 0 Å². The van der Waals surface area contributed by atoms with E-state index in [2.05, 4.69) is 32.9 Å². The zero-order chi connectivity index (χ0) is 10.1. The molecular weight excluding hydrogens is 160 g/mol. The van der Waals surface area contributed by atoms with Gasteiger partial charge in [-0.25, -0.2) is 0 Å². The van der Waals surface area contributed by atoms with E-state index in [9.17, 15) is 5.11 Å². The Kier molecular flexibility index (Phi) is 3.18. The van der Waals surface area contributed by atoms with Crippen molar-refractivity contribution in [2.75, 3.05) is 0 Å². The second-order valence-corrected chi connectivity index (χ2v) is 5.29. The summed E-state index contributed by atoms with van der Waals surface area (Å²) in [5, 5.41) is 9.80. The van der Waals surface area contributed by atoms with Crippen LogP contribution in [0.3, 0.4) is 0 Å². The third-order valence-corrected chi connectivity index (χ3v) is 3.24. The SMILES string of the molecule is C/C=C/[C@@H]1C[C@H](C(C)(C)C)C[C@H]1O. The van der Waals surface area contributed by atoms with Gasteiger partial charge in [-0.2, -0.15) is 0 Å². The number of aliphatic hydroxyl groups is 1. The molecule has 0 aromatic carbocycles. The summed E-state index contributed by atoms with van der Waals surface area (Å²) >= 11 is 0. The van der Waals surface area contributed by atoms with E-state index in [1.165, 1.54) is 0 Å². The quantitative estimate of drug-likeness (QED) is 0.618. The molecule has 0 aromatic heterocycles. The highest BCUT2D eigenvalue weighted by Gasteiger charge is 2.37. The van der Waals surface area contributed by atoms with Crippen LogP contribution in [0.4, 0.5) is 0 Å². The van der Waals surface area contributed by atoms with E-state index in [1.807, 2.05) is 6.92 Å². The molecule has 1 aliphatic carbocycles. The van der Waals surface area contributed by atoms with Crippen LogP contribution in [0.5, 0.6) is 0 Å². The van der Waals surface area contributed by atoms with E-state index in [4.69, 9.17) is 0 Å². The van der Waals surface area contributed by atoms with Crippen molar-refractivity contribution in [2.24, 2.45) is 17.3 Å². The molecule has 1 rings (SSSR count). The maximum Gasteiger partial charge on any atom is 0.0605 e. The van der Waals surface area contributed by atoms with Crippen molar-refractivity contribution in [3.63, 3.8) is 0 Å². The Bertz CT molecular complexity index is 188. The number of allylic oxidation sites excluding steroid dienone is 1. The van der Waals surface area contributed by atoms with Crippen molar-refractivity contribution in [1.29, 1.82) is 0 Å². The molecule has 0 unspecified atom stereocenters. The van der Waals surface area contributed by atoms with Gasteiger partial charge in [-0.3, -0.25) is 0 Å². The van der Waals surface area contributed by atoms with Crippen molar-refractivity contribution < 1.29 is 5.11 Å². The lowest BCUT2D eigenvalue weighted by Gasteiger charge is -2.26. The molecule has 3 atom stereocenters. The van der Waals surface area contributed by atoms with Gasteiger partial charge < -0.3 is 5.11 Å². The first-order valence-electron chi connectivity index (χ1n) is 5.26. The largest absolute Gasteiger partial charge is 0.393 e. The van der Waals surface area contributed by atoms with Gasteiger partial charge in [0, 0.05) is 5.92 Å². The fraction of sp³-hybridized carbons (Fsp3) is 0.833. The molecule has 1 nitrogen and oxygen atoms in total. The van der Waals surface area contributed by atoms with Crippen LogP contribution in [0.1, 0.15) is 40.5 Å². The van der Waals surface area contributed by atoms with Crippen LogP contribution < -0.4 is 0 Å². The number of aliphatic hydroxyl groups excluding tert-OH is 1. The molecule has 1 N–H and O–H groups in total. The molecule has 0 spiro atoms. The Morgan fingerprint density at radius 2 is 1.85 bits per heavy atom. The molecule has 1 heteroatoms. The van der Waals surface area contributed by atoms with Gasteiger partial charge in [-0.05, 0) is 31.1 Å². The van der Waals surface area contributed by atoms with Crippen LogP contribution in [0, 0.1) is 17.3 Å². The number of rotatable bonds is 1. The molecule has 0 aromatic rings. The second-order valence-electron chi connectivity index (χ2n) is 5.29. The fourth-order valence-corrected chi connectivity index (χ4v) is 2.21. The van der Waals surface area contributed by atoms with Gasteiger partial charge in [0.25, 0.3) is 0 Å². The first-order valence-corrected chi connectivity index (χ1v) is 5.26. The third kappa shape index (κ3) is 2.57.